The Morgan fingerprint density at radius 3 is 2.92 bits per heavy atom. The fourth-order valence-electron chi connectivity index (χ4n) is 2.97. The van der Waals surface area contributed by atoms with Crippen LogP contribution in [-0.4, -0.2) is 59.7 Å². The molecule has 0 saturated carbocycles. The summed E-state index contributed by atoms with van der Waals surface area (Å²) in [6, 6.07) is 7.40. The van der Waals surface area contributed by atoms with Crippen molar-refractivity contribution in [1.29, 1.82) is 0 Å². The van der Waals surface area contributed by atoms with Gasteiger partial charge in [0.15, 0.2) is 0 Å². The Labute approximate surface area is 150 Å². The number of nitrogens with one attached hydrogen (secondary N) is 1. The third-order valence-corrected chi connectivity index (χ3v) is 4.37. The van der Waals surface area contributed by atoms with Gasteiger partial charge in [0.25, 0.3) is 0 Å². The fourth-order valence-corrected chi connectivity index (χ4v) is 2.97. The van der Waals surface area contributed by atoms with Crippen molar-refractivity contribution in [3.63, 3.8) is 0 Å². The quantitative estimate of drug-likeness (QED) is 0.627. The molecule has 0 radical (unpaired) electrons. The van der Waals surface area contributed by atoms with Gasteiger partial charge >= 0.3 is 13.2 Å². The first kappa shape index (κ1) is 18.3. The smallest absolute Gasteiger partial charge is 0.464 e. The molecule has 2 amide bonds. The average molecular weight is 360 g/mol. The number of cyclic esters (lactones) is 1. The van der Waals surface area contributed by atoms with Crippen LogP contribution in [0.3, 0.4) is 0 Å². The summed E-state index contributed by atoms with van der Waals surface area (Å²) in [4.78, 5) is 25.2. The zero-order valence-electron chi connectivity index (χ0n) is 14.3. The molecule has 0 spiro atoms. The molecule has 3 rings (SSSR count). The van der Waals surface area contributed by atoms with Gasteiger partial charge in [-0.25, -0.2) is 4.79 Å². The molecule has 1 fully saturated rings. The number of hydrogen-bond acceptors (Lipinski definition) is 6. The highest BCUT2D eigenvalue weighted by Gasteiger charge is 2.27. The molecule has 9 heteroatoms. The lowest BCUT2D eigenvalue weighted by Crippen LogP contribution is -2.49. The molecule has 1 aromatic heterocycles. The minimum atomic E-state index is -1.72. The van der Waals surface area contributed by atoms with E-state index in [-0.39, 0.29) is 25.3 Å². The SMILES string of the molecule is O=C(CCN1CCCOC1=O)NC(Cc1coc2ccccc12)B(O)O. The van der Waals surface area contributed by atoms with E-state index >= 15 is 0 Å². The summed E-state index contributed by atoms with van der Waals surface area (Å²) in [6.45, 7) is 1.19. The minimum absolute atomic E-state index is 0.0600. The molecule has 26 heavy (non-hydrogen) atoms. The van der Waals surface area contributed by atoms with Gasteiger partial charge in [-0.15, -0.1) is 0 Å². The first-order valence-corrected chi connectivity index (χ1v) is 8.57. The van der Waals surface area contributed by atoms with Gasteiger partial charge in [0.1, 0.15) is 5.58 Å². The van der Waals surface area contributed by atoms with Crippen LogP contribution in [0.25, 0.3) is 11.0 Å². The molecule has 3 N–H and O–H groups in total. The van der Waals surface area contributed by atoms with Gasteiger partial charge in [-0.3, -0.25) is 4.79 Å². The van der Waals surface area contributed by atoms with E-state index in [1.807, 2.05) is 24.3 Å². The van der Waals surface area contributed by atoms with E-state index in [1.54, 1.807) is 6.26 Å². The van der Waals surface area contributed by atoms with Crippen LogP contribution in [0.4, 0.5) is 4.79 Å². The molecule has 1 saturated heterocycles. The molecule has 2 heterocycles. The second kappa shape index (κ2) is 8.24. The van der Waals surface area contributed by atoms with Crippen molar-refractivity contribution in [2.75, 3.05) is 19.7 Å². The first-order valence-electron chi connectivity index (χ1n) is 8.57. The fraction of sp³-hybridized carbons (Fsp3) is 0.412. The van der Waals surface area contributed by atoms with Gasteiger partial charge in [-0.1, -0.05) is 18.2 Å². The van der Waals surface area contributed by atoms with Crippen LogP contribution >= 0.6 is 0 Å². The number of para-hydroxylation sites is 1. The number of hydrogen-bond donors (Lipinski definition) is 3. The van der Waals surface area contributed by atoms with Gasteiger partial charge in [0.2, 0.25) is 5.91 Å². The predicted octanol–water partition coefficient (Wildman–Crippen LogP) is 0.704. The maximum Gasteiger partial charge on any atom is 0.475 e. The second-order valence-corrected chi connectivity index (χ2v) is 6.25. The van der Waals surface area contributed by atoms with Crippen LogP contribution in [0, 0.1) is 0 Å². The Morgan fingerprint density at radius 2 is 2.15 bits per heavy atom. The van der Waals surface area contributed by atoms with Crippen molar-refractivity contribution in [1.82, 2.24) is 10.2 Å². The number of benzene rings is 1. The Kier molecular flexibility index (Phi) is 5.80. The van der Waals surface area contributed by atoms with Crippen LogP contribution in [0.15, 0.2) is 34.9 Å². The number of furan rings is 1. The number of fused-ring (bicyclic) bond motifs is 1. The van der Waals surface area contributed by atoms with Crippen LogP contribution in [0.5, 0.6) is 0 Å². The number of amides is 2. The topological polar surface area (TPSA) is 112 Å². The number of rotatable bonds is 7. The summed E-state index contributed by atoms with van der Waals surface area (Å²) in [6.07, 6.45) is 2.14. The molecule has 2 aromatic rings. The highest BCUT2D eigenvalue weighted by atomic mass is 16.6. The number of carbonyl (C=O) groups excluding carboxylic acids is 2. The van der Waals surface area contributed by atoms with Gasteiger partial charge < -0.3 is 29.4 Å². The third kappa shape index (κ3) is 4.36. The van der Waals surface area contributed by atoms with E-state index in [2.05, 4.69) is 5.32 Å². The van der Waals surface area contributed by atoms with Gasteiger partial charge in [0, 0.05) is 24.9 Å². The van der Waals surface area contributed by atoms with E-state index in [0.29, 0.717) is 18.7 Å². The monoisotopic (exact) mass is 360 g/mol. The normalized spacial score (nSPS) is 15.6. The molecule has 0 aliphatic carbocycles. The lowest BCUT2D eigenvalue weighted by molar-refractivity contribution is -0.121. The van der Waals surface area contributed by atoms with Gasteiger partial charge in [-0.05, 0) is 24.5 Å². The maximum absolute atomic E-state index is 12.2. The Morgan fingerprint density at radius 1 is 1.35 bits per heavy atom. The minimum Gasteiger partial charge on any atom is -0.464 e. The first-order chi connectivity index (χ1) is 12.5. The average Bonchev–Trinajstić information content (AvgIpc) is 3.03. The summed E-state index contributed by atoms with van der Waals surface area (Å²) in [7, 11) is -1.72. The van der Waals surface area contributed by atoms with E-state index in [1.165, 1.54) is 4.90 Å². The summed E-state index contributed by atoms with van der Waals surface area (Å²) >= 11 is 0. The number of nitrogens with zero attached hydrogens (tertiary/aromatic N) is 1. The molecule has 138 valence electrons. The molecule has 1 aromatic carbocycles. The van der Waals surface area contributed by atoms with Crippen LogP contribution in [0.2, 0.25) is 0 Å². The third-order valence-electron chi connectivity index (χ3n) is 4.37. The molecule has 8 nitrogen and oxygen atoms in total. The van der Waals surface area contributed by atoms with Crippen molar-refractivity contribution in [3.8, 4) is 0 Å². The van der Waals surface area contributed by atoms with Crippen molar-refractivity contribution in [3.05, 3.63) is 36.1 Å². The van der Waals surface area contributed by atoms with Crippen molar-refractivity contribution >= 4 is 30.1 Å². The van der Waals surface area contributed by atoms with Crippen LogP contribution in [0.1, 0.15) is 18.4 Å². The Balaban J connectivity index is 1.57. The van der Waals surface area contributed by atoms with E-state index in [4.69, 9.17) is 9.15 Å². The molecule has 0 bridgehead atoms. The summed E-state index contributed by atoms with van der Waals surface area (Å²) in [5, 5.41) is 22.7. The predicted molar refractivity (Wildman–Crippen MR) is 94.2 cm³/mol. The molecular weight excluding hydrogens is 339 g/mol. The highest BCUT2D eigenvalue weighted by molar-refractivity contribution is 6.43. The second-order valence-electron chi connectivity index (χ2n) is 6.25. The Bertz CT molecular complexity index is 777. The van der Waals surface area contributed by atoms with Crippen LogP contribution in [-0.2, 0) is 16.0 Å². The van der Waals surface area contributed by atoms with Gasteiger partial charge in [0.05, 0.1) is 18.8 Å². The summed E-state index contributed by atoms with van der Waals surface area (Å²) < 4.78 is 10.4. The maximum atomic E-state index is 12.2. The molecular formula is C17H21BN2O6. The Hall–Kier alpha value is -2.52. The lowest BCUT2D eigenvalue weighted by Gasteiger charge is -2.26. The van der Waals surface area contributed by atoms with E-state index in [0.717, 1.165) is 17.4 Å². The largest absolute Gasteiger partial charge is 0.475 e. The van der Waals surface area contributed by atoms with E-state index < -0.39 is 19.2 Å². The zero-order valence-corrected chi connectivity index (χ0v) is 14.3. The van der Waals surface area contributed by atoms with Gasteiger partial charge in [-0.2, -0.15) is 0 Å². The van der Waals surface area contributed by atoms with Crippen molar-refractivity contribution in [2.45, 2.75) is 25.2 Å². The highest BCUT2D eigenvalue weighted by Crippen LogP contribution is 2.22. The molecule has 1 aliphatic rings. The number of ether oxygens (including phenoxy) is 1. The zero-order chi connectivity index (χ0) is 18.5. The molecule has 1 atom stereocenters. The summed E-state index contributed by atoms with van der Waals surface area (Å²) in [5.41, 5.74) is 1.47. The molecule has 1 aliphatic heterocycles. The van der Waals surface area contributed by atoms with E-state index in [9.17, 15) is 19.6 Å². The van der Waals surface area contributed by atoms with Crippen molar-refractivity contribution < 1.29 is 28.8 Å². The lowest BCUT2D eigenvalue weighted by atomic mass is 9.76. The number of carbonyl (C=O) groups is 2. The standard InChI is InChI=1S/C17H21BN2O6/c21-16(6-8-20-7-3-9-25-17(20)22)19-15(18(23)24)10-12-11-26-14-5-2-1-4-13(12)14/h1-2,4-5,11,15,23-24H,3,6-10H2,(H,19,21). The summed E-state index contributed by atoms with van der Waals surface area (Å²) in [5.74, 6) is -1.24. The molecule has 1 unspecified atom stereocenters. The van der Waals surface area contributed by atoms with Crippen LogP contribution < -0.4 is 5.32 Å². The van der Waals surface area contributed by atoms with Crippen molar-refractivity contribution in [2.24, 2.45) is 0 Å².